The van der Waals surface area contributed by atoms with E-state index >= 15 is 0 Å². The van der Waals surface area contributed by atoms with E-state index < -0.39 is 5.97 Å². The van der Waals surface area contributed by atoms with E-state index in [1.165, 1.54) is 23.3 Å². The summed E-state index contributed by atoms with van der Waals surface area (Å²) >= 11 is 0. The molecule has 6 heteroatoms. The van der Waals surface area contributed by atoms with E-state index in [4.69, 9.17) is 10.00 Å². The van der Waals surface area contributed by atoms with E-state index in [0.29, 0.717) is 23.6 Å². The average Bonchev–Trinajstić information content (AvgIpc) is 2.89. The molecule has 0 unspecified atom stereocenters. The van der Waals surface area contributed by atoms with Crippen LogP contribution in [0, 0.1) is 11.3 Å². The lowest BCUT2D eigenvalue weighted by Gasteiger charge is -1.99. The van der Waals surface area contributed by atoms with Crippen molar-refractivity contribution < 1.29 is 9.53 Å². The zero-order valence-corrected chi connectivity index (χ0v) is 9.70. The molecule has 18 heavy (non-hydrogen) atoms. The molecule has 2 heterocycles. The van der Waals surface area contributed by atoms with E-state index in [2.05, 4.69) is 10.1 Å². The Hall–Kier alpha value is -2.68. The fraction of sp³-hybridized carbons (Fsp3) is 0.167. The van der Waals surface area contributed by atoms with Gasteiger partial charge >= 0.3 is 5.97 Å². The third-order valence-electron chi connectivity index (χ3n) is 2.21. The van der Waals surface area contributed by atoms with Crippen LogP contribution in [0.4, 0.5) is 0 Å². The molecule has 0 amide bonds. The first-order valence-corrected chi connectivity index (χ1v) is 5.33. The van der Waals surface area contributed by atoms with Crippen LogP contribution >= 0.6 is 0 Å². The molecule has 0 aliphatic heterocycles. The molecule has 6 nitrogen and oxygen atoms in total. The number of aromatic nitrogens is 3. The van der Waals surface area contributed by atoms with Crippen molar-refractivity contribution in [3.63, 3.8) is 0 Å². The molecule has 0 N–H and O–H groups in total. The van der Waals surface area contributed by atoms with Crippen LogP contribution in [0.2, 0.25) is 0 Å². The maximum absolute atomic E-state index is 11.5. The summed E-state index contributed by atoms with van der Waals surface area (Å²) in [5, 5.41) is 12.7. The quantitative estimate of drug-likeness (QED) is 0.758. The highest BCUT2D eigenvalue weighted by Crippen LogP contribution is 2.07. The Morgan fingerprint density at radius 2 is 2.33 bits per heavy atom. The van der Waals surface area contributed by atoms with Gasteiger partial charge in [0.15, 0.2) is 5.82 Å². The van der Waals surface area contributed by atoms with E-state index in [9.17, 15) is 4.79 Å². The average molecular weight is 242 g/mol. The van der Waals surface area contributed by atoms with Crippen LogP contribution in [-0.2, 0) is 4.74 Å². The maximum atomic E-state index is 11.5. The SMILES string of the molecule is CCOC(=O)c1cnn(-c2ccc(C#N)cn2)c1. The van der Waals surface area contributed by atoms with Crippen LogP contribution < -0.4 is 0 Å². The molecule has 0 aromatic carbocycles. The zero-order chi connectivity index (χ0) is 13.0. The summed E-state index contributed by atoms with van der Waals surface area (Å²) in [6.45, 7) is 2.06. The molecule has 2 rings (SSSR count). The first kappa shape index (κ1) is 11.8. The van der Waals surface area contributed by atoms with Crippen LogP contribution in [0.5, 0.6) is 0 Å². The molecule has 0 saturated carbocycles. The molecule has 2 aromatic heterocycles. The molecule has 0 fully saturated rings. The van der Waals surface area contributed by atoms with Gasteiger partial charge < -0.3 is 4.74 Å². The molecular formula is C12H10N4O2. The summed E-state index contributed by atoms with van der Waals surface area (Å²) in [5.74, 6) is 0.113. The van der Waals surface area contributed by atoms with Crippen molar-refractivity contribution in [2.24, 2.45) is 0 Å². The zero-order valence-electron chi connectivity index (χ0n) is 9.70. The van der Waals surface area contributed by atoms with E-state index in [-0.39, 0.29) is 0 Å². The minimum atomic E-state index is -0.419. The molecule has 90 valence electrons. The van der Waals surface area contributed by atoms with Gasteiger partial charge in [-0.1, -0.05) is 0 Å². The lowest BCUT2D eigenvalue weighted by atomic mass is 10.3. The number of nitriles is 1. The van der Waals surface area contributed by atoms with Crippen molar-refractivity contribution in [2.45, 2.75) is 6.92 Å². The number of rotatable bonds is 3. The maximum Gasteiger partial charge on any atom is 0.341 e. The number of carbonyl (C=O) groups excluding carboxylic acids is 1. The molecule has 0 aliphatic rings. The van der Waals surface area contributed by atoms with E-state index in [0.717, 1.165) is 0 Å². The number of pyridine rings is 1. The predicted octanol–water partition coefficient (Wildman–Crippen LogP) is 1.32. The van der Waals surface area contributed by atoms with Crippen LogP contribution in [0.25, 0.3) is 5.82 Å². The van der Waals surface area contributed by atoms with Gasteiger partial charge in [-0.2, -0.15) is 10.4 Å². The van der Waals surface area contributed by atoms with E-state index in [1.54, 1.807) is 19.1 Å². The van der Waals surface area contributed by atoms with Gasteiger partial charge in [0.1, 0.15) is 6.07 Å². The first-order chi connectivity index (χ1) is 8.74. The normalized spacial score (nSPS) is 9.78. The number of ether oxygens (including phenoxy) is 1. The van der Waals surface area contributed by atoms with Crippen molar-refractivity contribution in [1.29, 1.82) is 5.26 Å². The Balaban J connectivity index is 2.24. The summed E-state index contributed by atoms with van der Waals surface area (Å²) in [6, 6.07) is 5.27. The monoisotopic (exact) mass is 242 g/mol. The van der Waals surface area contributed by atoms with Crippen LogP contribution in [0.15, 0.2) is 30.7 Å². The summed E-state index contributed by atoms with van der Waals surface area (Å²) < 4.78 is 6.31. The lowest BCUT2D eigenvalue weighted by molar-refractivity contribution is 0.0526. The van der Waals surface area contributed by atoms with Crippen molar-refractivity contribution in [1.82, 2.24) is 14.8 Å². The number of hydrogen-bond donors (Lipinski definition) is 0. The summed E-state index contributed by atoms with van der Waals surface area (Å²) in [4.78, 5) is 15.5. The minimum Gasteiger partial charge on any atom is -0.462 e. The Labute approximate surface area is 103 Å². The van der Waals surface area contributed by atoms with Crippen molar-refractivity contribution in [3.05, 3.63) is 41.9 Å². The number of nitrogens with zero attached hydrogens (tertiary/aromatic N) is 4. The van der Waals surface area contributed by atoms with E-state index in [1.807, 2.05) is 6.07 Å². The highest BCUT2D eigenvalue weighted by molar-refractivity contribution is 5.88. The van der Waals surface area contributed by atoms with Gasteiger partial charge in [0.2, 0.25) is 0 Å². The van der Waals surface area contributed by atoms with Crippen LogP contribution in [-0.4, -0.2) is 27.3 Å². The second-order valence-corrected chi connectivity index (χ2v) is 3.41. The molecule has 0 bridgehead atoms. The van der Waals surface area contributed by atoms with Crippen molar-refractivity contribution in [2.75, 3.05) is 6.61 Å². The van der Waals surface area contributed by atoms with Gasteiger partial charge in [-0.15, -0.1) is 0 Å². The first-order valence-electron chi connectivity index (χ1n) is 5.33. The molecule has 0 saturated heterocycles. The minimum absolute atomic E-state index is 0.319. The Morgan fingerprint density at radius 3 is 2.94 bits per heavy atom. The third-order valence-corrected chi connectivity index (χ3v) is 2.21. The second kappa shape index (κ2) is 5.10. The fourth-order valence-electron chi connectivity index (χ4n) is 1.36. The fourth-order valence-corrected chi connectivity index (χ4v) is 1.36. The van der Waals surface area contributed by atoms with Gasteiger partial charge in [-0.25, -0.2) is 14.5 Å². The second-order valence-electron chi connectivity index (χ2n) is 3.41. The largest absolute Gasteiger partial charge is 0.462 e. The van der Waals surface area contributed by atoms with Crippen LogP contribution in [0.3, 0.4) is 0 Å². The summed E-state index contributed by atoms with van der Waals surface area (Å²) in [6.07, 6.45) is 4.39. The smallest absolute Gasteiger partial charge is 0.341 e. The van der Waals surface area contributed by atoms with Gasteiger partial charge in [-0.3, -0.25) is 0 Å². The summed E-state index contributed by atoms with van der Waals surface area (Å²) in [7, 11) is 0. The van der Waals surface area contributed by atoms with Crippen molar-refractivity contribution in [3.8, 4) is 11.9 Å². The van der Waals surface area contributed by atoms with Gasteiger partial charge in [0.05, 0.1) is 23.9 Å². The Bertz CT molecular complexity index is 595. The lowest BCUT2D eigenvalue weighted by Crippen LogP contribution is -2.03. The number of hydrogen-bond acceptors (Lipinski definition) is 5. The standard InChI is InChI=1S/C12H10N4O2/c1-2-18-12(17)10-7-15-16(8-10)11-4-3-9(5-13)6-14-11/h3-4,6-8H,2H2,1H3. The Kier molecular flexibility index (Phi) is 3.34. The molecule has 2 aromatic rings. The van der Waals surface area contributed by atoms with Gasteiger partial charge in [0, 0.05) is 12.4 Å². The topological polar surface area (TPSA) is 80.8 Å². The Morgan fingerprint density at radius 1 is 1.50 bits per heavy atom. The van der Waals surface area contributed by atoms with Gasteiger partial charge in [-0.05, 0) is 19.1 Å². The highest BCUT2D eigenvalue weighted by Gasteiger charge is 2.10. The number of carbonyl (C=O) groups is 1. The summed E-state index contributed by atoms with van der Waals surface area (Å²) in [5.41, 5.74) is 0.833. The predicted molar refractivity (Wildman–Crippen MR) is 62.0 cm³/mol. The molecule has 0 atom stereocenters. The highest BCUT2D eigenvalue weighted by atomic mass is 16.5. The van der Waals surface area contributed by atoms with Crippen molar-refractivity contribution >= 4 is 5.97 Å². The number of esters is 1. The molecule has 0 aliphatic carbocycles. The molecule has 0 spiro atoms. The van der Waals surface area contributed by atoms with Gasteiger partial charge in [0.25, 0.3) is 0 Å². The van der Waals surface area contributed by atoms with Crippen LogP contribution in [0.1, 0.15) is 22.8 Å². The molecular weight excluding hydrogens is 232 g/mol. The third kappa shape index (κ3) is 2.35. The molecule has 0 radical (unpaired) electrons.